The molecule has 120 valence electrons. The molecule has 3 rings (SSSR count). The molecule has 23 heavy (non-hydrogen) atoms. The fraction of sp³-hybridized carbons (Fsp3) is 0.375. The minimum absolute atomic E-state index is 0.0189. The molecule has 1 aromatic heterocycles. The van der Waals surface area contributed by atoms with E-state index in [4.69, 9.17) is 4.42 Å². The van der Waals surface area contributed by atoms with Gasteiger partial charge in [0.25, 0.3) is 5.22 Å². The van der Waals surface area contributed by atoms with E-state index in [0.29, 0.717) is 34.7 Å². The lowest BCUT2D eigenvalue weighted by atomic mass is 10.1. The van der Waals surface area contributed by atoms with E-state index < -0.39 is 0 Å². The van der Waals surface area contributed by atoms with Crippen LogP contribution in [0.2, 0.25) is 0 Å². The standard InChI is InChI=1S/C16H17N3O3S/c1-2-14(21)17-12-7-5-10(6-8-12)13(20)9-23-16-19-18-15(22-16)11-3-4-11/h5-8,11H,2-4,9H2,1H3,(H,17,21). The van der Waals surface area contributed by atoms with Crippen LogP contribution in [0.4, 0.5) is 5.69 Å². The average molecular weight is 331 g/mol. The Hall–Kier alpha value is -2.15. The summed E-state index contributed by atoms with van der Waals surface area (Å²) >= 11 is 1.25. The Balaban J connectivity index is 1.53. The second-order valence-electron chi connectivity index (χ2n) is 5.37. The SMILES string of the molecule is CCC(=O)Nc1ccc(C(=O)CSc2nnc(C3CC3)o2)cc1. The third kappa shape index (κ3) is 4.19. The molecule has 1 aliphatic rings. The lowest BCUT2D eigenvalue weighted by Gasteiger charge is -2.04. The Labute approximate surface area is 138 Å². The number of thioether (sulfide) groups is 1. The third-order valence-electron chi connectivity index (χ3n) is 3.49. The number of nitrogens with one attached hydrogen (secondary N) is 1. The van der Waals surface area contributed by atoms with Gasteiger partial charge < -0.3 is 9.73 Å². The molecule has 1 heterocycles. The number of benzene rings is 1. The Bertz CT molecular complexity index is 708. The van der Waals surface area contributed by atoms with Crippen molar-refractivity contribution in [3.63, 3.8) is 0 Å². The molecule has 0 bridgehead atoms. The molecule has 0 radical (unpaired) electrons. The van der Waals surface area contributed by atoms with Crippen molar-refractivity contribution >= 4 is 29.1 Å². The maximum Gasteiger partial charge on any atom is 0.277 e. The van der Waals surface area contributed by atoms with Crippen LogP contribution in [0.25, 0.3) is 0 Å². The van der Waals surface area contributed by atoms with Crippen LogP contribution in [0, 0.1) is 0 Å². The Morgan fingerprint density at radius 1 is 1.26 bits per heavy atom. The summed E-state index contributed by atoms with van der Waals surface area (Å²) in [5, 5.41) is 11.1. The fourth-order valence-corrected chi connectivity index (χ4v) is 2.64. The van der Waals surface area contributed by atoms with Gasteiger partial charge in [0, 0.05) is 23.6 Å². The first-order valence-electron chi connectivity index (χ1n) is 7.55. The van der Waals surface area contributed by atoms with Crippen LogP contribution >= 0.6 is 11.8 Å². The molecule has 1 amide bonds. The predicted molar refractivity (Wildman–Crippen MR) is 86.7 cm³/mol. The number of rotatable bonds is 7. The molecule has 1 aliphatic carbocycles. The van der Waals surface area contributed by atoms with Gasteiger partial charge in [-0.2, -0.15) is 0 Å². The van der Waals surface area contributed by atoms with Crippen molar-refractivity contribution in [3.05, 3.63) is 35.7 Å². The van der Waals surface area contributed by atoms with E-state index in [1.165, 1.54) is 11.8 Å². The third-order valence-corrected chi connectivity index (χ3v) is 4.31. The van der Waals surface area contributed by atoms with Crippen molar-refractivity contribution in [2.75, 3.05) is 11.1 Å². The number of anilines is 1. The quantitative estimate of drug-likeness (QED) is 0.619. The van der Waals surface area contributed by atoms with Crippen molar-refractivity contribution in [3.8, 4) is 0 Å². The zero-order valence-electron chi connectivity index (χ0n) is 12.7. The van der Waals surface area contributed by atoms with Crippen LogP contribution in [-0.2, 0) is 4.79 Å². The molecular weight excluding hydrogens is 314 g/mol. The number of amides is 1. The number of ketones is 1. The number of Topliss-reactive ketones (excluding diaryl/α,β-unsaturated/α-hetero) is 1. The number of hydrogen-bond acceptors (Lipinski definition) is 6. The van der Waals surface area contributed by atoms with Gasteiger partial charge in [0.05, 0.1) is 5.75 Å². The molecule has 7 heteroatoms. The molecular formula is C16H17N3O3S. The number of nitrogens with zero attached hydrogens (tertiary/aromatic N) is 2. The van der Waals surface area contributed by atoms with Crippen molar-refractivity contribution < 1.29 is 14.0 Å². The predicted octanol–water partition coefficient (Wildman–Crippen LogP) is 3.27. The van der Waals surface area contributed by atoms with Crippen LogP contribution in [0.5, 0.6) is 0 Å². The van der Waals surface area contributed by atoms with Crippen LogP contribution < -0.4 is 5.32 Å². The Kier molecular flexibility index (Phi) is 4.76. The first kappa shape index (κ1) is 15.7. The summed E-state index contributed by atoms with van der Waals surface area (Å²) in [5.41, 5.74) is 1.28. The second kappa shape index (κ2) is 6.95. The highest BCUT2D eigenvalue weighted by molar-refractivity contribution is 7.99. The largest absolute Gasteiger partial charge is 0.416 e. The number of aromatic nitrogens is 2. The topological polar surface area (TPSA) is 85.1 Å². The monoisotopic (exact) mass is 331 g/mol. The summed E-state index contributed by atoms with van der Waals surface area (Å²) < 4.78 is 5.51. The van der Waals surface area contributed by atoms with Crippen molar-refractivity contribution in [1.29, 1.82) is 0 Å². The first-order valence-corrected chi connectivity index (χ1v) is 8.53. The first-order chi connectivity index (χ1) is 11.2. The molecule has 0 aliphatic heterocycles. The van der Waals surface area contributed by atoms with Gasteiger partial charge in [-0.05, 0) is 37.1 Å². The van der Waals surface area contributed by atoms with E-state index in [-0.39, 0.29) is 17.4 Å². The summed E-state index contributed by atoms with van der Waals surface area (Å²) in [6.07, 6.45) is 2.63. The number of carbonyl (C=O) groups is 2. The van der Waals surface area contributed by atoms with E-state index in [9.17, 15) is 9.59 Å². The van der Waals surface area contributed by atoms with Crippen molar-refractivity contribution in [1.82, 2.24) is 10.2 Å². The molecule has 1 saturated carbocycles. The molecule has 2 aromatic rings. The molecule has 6 nitrogen and oxygen atoms in total. The van der Waals surface area contributed by atoms with Crippen LogP contribution in [0.1, 0.15) is 48.4 Å². The molecule has 0 unspecified atom stereocenters. The Morgan fingerprint density at radius 3 is 2.65 bits per heavy atom. The average Bonchev–Trinajstić information content (AvgIpc) is 3.32. The summed E-state index contributed by atoms with van der Waals surface area (Å²) in [7, 11) is 0. The van der Waals surface area contributed by atoms with Crippen LogP contribution in [-0.4, -0.2) is 27.6 Å². The highest BCUT2D eigenvalue weighted by atomic mass is 32.2. The summed E-state index contributed by atoms with van der Waals surface area (Å²) in [4.78, 5) is 23.5. The van der Waals surface area contributed by atoms with Gasteiger partial charge in [-0.3, -0.25) is 9.59 Å². The van der Waals surface area contributed by atoms with Gasteiger partial charge in [0.15, 0.2) is 5.78 Å². The zero-order valence-corrected chi connectivity index (χ0v) is 13.6. The smallest absolute Gasteiger partial charge is 0.277 e. The van der Waals surface area contributed by atoms with Crippen molar-refractivity contribution in [2.45, 2.75) is 37.3 Å². The lowest BCUT2D eigenvalue weighted by Crippen LogP contribution is -2.09. The van der Waals surface area contributed by atoms with E-state index >= 15 is 0 Å². The van der Waals surface area contributed by atoms with E-state index in [1.54, 1.807) is 31.2 Å². The minimum Gasteiger partial charge on any atom is -0.416 e. The maximum absolute atomic E-state index is 12.2. The molecule has 1 fully saturated rings. The number of carbonyl (C=O) groups excluding carboxylic acids is 2. The fourth-order valence-electron chi connectivity index (χ4n) is 1.97. The van der Waals surface area contributed by atoms with Gasteiger partial charge in [-0.15, -0.1) is 10.2 Å². The summed E-state index contributed by atoms with van der Waals surface area (Å²) in [6, 6.07) is 6.86. The molecule has 0 spiro atoms. The van der Waals surface area contributed by atoms with E-state index in [0.717, 1.165) is 12.8 Å². The normalized spacial score (nSPS) is 13.8. The van der Waals surface area contributed by atoms with Crippen molar-refractivity contribution in [2.24, 2.45) is 0 Å². The molecule has 0 atom stereocenters. The van der Waals surface area contributed by atoms with Gasteiger partial charge in [0.1, 0.15) is 0 Å². The van der Waals surface area contributed by atoms with Crippen LogP contribution in [0.3, 0.4) is 0 Å². The second-order valence-corrected chi connectivity index (χ2v) is 6.30. The summed E-state index contributed by atoms with van der Waals surface area (Å²) in [5.74, 6) is 1.26. The van der Waals surface area contributed by atoms with Gasteiger partial charge >= 0.3 is 0 Å². The van der Waals surface area contributed by atoms with Gasteiger partial charge in [-0.1, -0.05) is 18.7 Å². The highest BCUT2D eigenvalue weighted by Gasteiger charge is 2.29. The lowest BCUT2D eigenvalue weighted by molar-refractivity contribution is -0.115. The molecule has 1 aromatic carbocycles. The number of hydrogen-bond donors (Lipinski definition) is 1. The van der Waals surface area contributed by atoms with Crippen LogP contribution in [0.15, 0.2) is 33.9 Å². The van der Waals surface area contributed by atoms with Gasteiger partial charge in [0.2, 0.25) is 11.8 Å². The maximum atomic E-state index is 12.2. The Morgan fingerprint density at radius 2 is 2.00 bits per heavy atom. The highest BCUT2D eigenvalue weighted by Crippen LogP contribution is 2.39. The minimum atomic E-state index is -0.0532. The van der Waals surface area contributed by atoms with E-state index in [2.05, 4.69) is 15.5 Å². The zero-order chi connectivity index (χ0) is 16.2. The summed E-state index contributed by atoms with van der Waals surface area (Å²) in [6.45, 7) is 1.79. The van der Waals surface area contributed by atoms with Gasteiger partial charge in [-0.25, -0.2) is 0 Å². The van der Waals surface area contributed by atoms with E-state index in [1.807, 2.05) is 0 Å². The molecule has 0 saturated heterocycles. The molecule has 1 N–H and O–H groups in total.